The van der Waals surface area contributed by atoms with Gasteiger partial charge in [-0.2, -0.15) is 0 Å². The number of hydrogen-bond donors (Lipinski definition) is 1. The van der Waals surface area contributed by atoms with E-state index in [4.69, 9.17) is 4.74 Å². The number of halogens is 1. The molecule has 5 nitrogen and oxygen atoms in total. The van der Waals surface area contributed by atoms with Gasteiger partial charge in [0.15, 0.2) is 0 Å². The van der Waals surface area contributed by atoms with E-state index in [0.717, 1.165) is 21.2 Å². The maximum Gasteiger partial charge on any atom is 0.295 e. The van der Waals surface area contributed by atoms with Crippen LogP contribution in [0.1, 0.15) is 48.6 Å². The molecule has 1 amide bonds. The summed E-state index contributed by atoms with van der Waals surface area (Å²) >= 11 is 3.46. The number of benzene rings is 2. The highest BCUT2D eigenvalue weighted by atomic mass is 79.9. The van der Waals surface area contributed by atoms with Crippen LogP contribution in [0.3, 0.4) is 0 Å². The van der Waals surface area contributed by atoms with Crippen LogP contribution >= 0.6 is 15.9 Å². The minimum Gasteiger partial charge on any atom is -0.507 e. The predicted molar refractivity (Wildman–Crippen MR) is 125 cm³/mol. The van der Waals surface area contributed by atoms with Crippen LogP contribution in [0, 0.1) is 13.8 Å². The average molecular weight is 486 g/mol. The van der Waals surface area contributed by atoms with E-state index in [2.05, 4.69) is 15.9 Å². The molecule has 2 aromatic rings. The standard InChI is InChI=1S/C25H28BrNO4/c1-15(2)31-13-7-12-27-22(19-9-6-5-8-16(19)3)21(24(29)25(27)30)23(28)18-10-11-20(26)17(4)14-18/h5-6,8-11,14-15,22,28H,7,12-13H2,1-4H3/b23-21+. The van der Waals surface area contributed by atoms with Crippen LogP contribution in [0.4, 0.5) is 0 Å². The molecule has 0 radical (unpaired) electrons. The normalized spacial score (nSPS) is 18.3. The van der Waals surface area contributed by atoms with Crippen LogP contribution in [0.25, 0.3) is 5.76 Å². The van der Waals surface area contributed by atoms with Crippen molar-refractivity contribution in [1.82, 2.24) is 4.90 Å². The van der Waals surface area contributed by atoms with Gasteiger partial charge in [0, 0.05) is 23.2 Å². The lowest BCUT2D eigenvalue weighted by Gasteiger charge is -2.26. The SMILES string of the molecule is Cc1cc(/C(O)=C2\C(=O)C(=O)N(CCCOC(C)C)C2c2ccccc2C)ccc1Br. The Balaban J connectivity index is 2.07. The zero-order chi connectivity index (χ0) is 22.7. The van der Waals surface area contributed by atoms with Gasteiger partial charge in [0.05, 0.1) is 17.7 Å². The van der Waals surface area contributed by atoms with E-state index in [1.807, 2.05) is 58.0 Å². The molecule has 164 valence electrons. The number of nitrogens with zero attached hydrogens (tertiary/aromatic N) is 1. The number of rotatable bonds is 7. The molecule has 6 heteroatoms. The number of Topliss-reactive ketones (excluding diaryl/α,β-unsaturated/α-hetero) is 1. The summed E-state index contributed by atoms with van der Waals surface area (Å²) in [6, 6.07) is 12.4. The van der Waals surface area contributed by atoms with Crippen molar-refractivity contribution in [2.75, 3.05) is 13.2 Å². The van der Waals surface area contributed by atoms with E-state index in [0.29, 0.717) is 25.1 Å². The molecule has 31 heavy (non-hydrogen) atoms. The number of likely N-dealkylation sites (tertiary alicyclic amines) is 1. The first-order valence-corrected chi connectivity index (χ1v) is 11.2. The summed E-state index contributed by atoms with van der Waals surface area (Å²) in [4.78, 5) is 27.6. The summed E-state index contributed by atoms with van der Waals surface area (Å²) in [5.74, 6) is -1.40. The number of amides is 1. The fourth-order valence-electron chi connectivity index (χ4n) is 3.83. The minimum atomic E-state index is -0.656. The number of aryl methyl sites for hydroxylation is 2. The van der Waals surface area contributed by atoms with Crippen molar-refractivity contribution in [2.24, 2.45) is 0 Å². The van der Waals surface area contributed by atoms with Crippen LogP contribution < -0.4 is 0 Å². The van der Waals surface area contributed by atoms with Gasteiger partial charge in [-0.1, -0.05) is 46.3 Å². The number of ether oxygens (including phenoxy) is 1. The second-order valence-electron chi connectivity index (χ2n) is 8.09. The first kappa shape index (κ1) is 23.2. The van der Waals surface area contributed by atoms with Crippen molar-refractivity contribution in [2.45, 2.75) is 46.3 Å². The van der Waals surface area contributed by atoms with Gasteiger partial charge in [-0.3, -0.25) is 9.59 Å². The van der Waals surface area contributed by atoms with Gasteiger partial charge >= 0.3 is 0 Å². The molecule has 0 aromatic heterocycles. The highest BCUT2D eigenvalue weighted by Gasteiger charge is 2.46. The van der Waals surface area contributed by atoms with E-state index in [1.165, 1.54) is 0 Å². The third-order valence-corrected chi connectivity index (χ3v) is 6.34. The molecule has 2 aromatic carbocycles. The zero-order valence-corrected chi connectivity index (χ0v) is 19.9. The Morgan fingerprint density at radius 1 is 1.13 bits per heavy atom. The lowest BCUT2D eigenvalue weighted by Crippen LogP contribution is -2.31. The van der Waals surface area contributed by atoms with E-state index in [-0.39, 0.29) is 17.4 Å². The topological polar surface area (TPSA) is 66.8 Å². The molecule has 1 atom stereocenters. The quantitative estimate of drug-likeness (QED) is 0.250. The molecule has 1 heterocycles. The van der Waals surface area contributed by atoms with Gasteiger partial charge in [-0.15, -0.1) is 0 Å². The van der Waals surface area contributed by atoms with Gasteiger partial charge in [0.25, 0.3) is 11.7 Å². The first-order valence-electron chi connectivity index (χ1n) is 10.4. The Bertz CT molecular complexity index is 1030. The molecule has 3 rings (SSSR count). The van der Waals surface area contributed by atoms with Crippen molar-refractivity contribution < 1.29 is 19.4 Å². The van der Waals surface area contributed by atoms with E-state index >= 15 is 0 Å². The number of aliphatic hydroxyl groups is 1. The van der Waals surface area contributed by atoms with Gasteiger partial charge in [-0.25, -0.2) is 0 Å². The highest BCUT2D eigenvalue weighted by molar-refractivity contribution is 9.10. The number of hydrogen-bond acceptors (Lipinski definition) is 4. The second-order valence-corrected chi connectivity index (χ2v) is 8.94. The maximum atomic E-state index is 13.1. The summed E-state index contributed by atoms with van der Waals surface area (Å²) in [6.07, 6.45) is 0.702. The molecule has 0 aliphatic carbocycles. The van der Waals surface area contributed by atoms with Gasteiger partial charge < -0.3 is 14.7 Å². The minimum absolute atomic E-state index is 0.100. The number of carbonyl (C=O) groups excluding carboxylic acids is 2. The summed E-state index contributed by atoms with van der Waals surface area (Å²) in [5, 5.41) is 11.1. The molecule has 0 spiro atoms. The van der Waals surface area contributed by atoms with Crippen LogP contribution in [-0.4, -0.2) is 41.0 Å². The van der Waals surface area contributed by atoms with Gasteiger partial charge in [-0.05, 0) is 62.9 Å². The van der Waals surface area contributed by atoms with E-state index < -0.39 is 17.7 Å². The summed E-state index contributed by atoms with van der Waals surface area (Å²) in [5.41, 5.74) is 3.36. The smallest absolute Gasteiger partial charge is 0.295 e. The van der Waals surface area contributed by atoms with Crippen molar-refractivity contribution in [3.63, 3.8) is 0 Å². The summed E-state index contributed by atoms with van der Waals surface area (Å²) < 4.78 is 6.52. The van der Waals surface area contributed by atoms with Crippen molar-refractivity contribution in [3.05, 3.63) is 74.8 Å². The van der Waals surface area contributed by atoms with Crippen LogP contribution in [0.2, 0.25) is 0 Å². The number of aliphatic hydroxyl groups excluding tert-OH is 1. The largest absolute Gasteiger partial charge is 0.507 e. The molecule has 0 bridgehead atoms. The summed E-state index contributed by atoms with van der Waals surface area (Å²) in [6.45, 7) is 8.63. The molecular formula is C25H28BrNO4. The lowest BCUT2D eigenvalue weighted by atomic mass is 9.92. The second kappa shape index (κ2) is 9.79. The lowest BCUT2D eigenvalue weighted by molar-refractivity contribution is -0.140. The fraction of sp³-hybridized carbons (Fsp3) is 0.360. The number of carbonyl (C=O) groups is 2. The fourth-order valence-corrected chi connectivity index (χ4v) is 4.08. The summed E-state index contributed by atoms with van der Waals surface area (Å²) in [7, 11) is 0. The Morgan fingerprint density at radius 2 is 1.84 bits per heavy atom. The van der Waals surface area contributed by atoms with Crippen molar-refractivity contribution >= 4 is 33.4 Å². The zero-order valence-electron chi connectivity index (χ0n) is 18.3. The average Bonchev–Trinajstić information content (AvgIpc) is 2.97. The van der Waals surface area contributed by atoms with E-state index in [1.54, 1.807) is 17.0 Å². The van der Waals surface area contributed by atoms with Crippen LogP contribution in [0.15, 0.2) is 52.5 Å². The van der Waals surface area contributed by atoms with Gasteiger partial charge in [0.2, 0.25) is 0 Å². The third-order valence-electron chi connectivity index (χ3n) is 5.45. The Labute approximate surface area is 191 Å². The van der Waals surface area contributed by atoms with E-state index in [9.17, 15) is 14.7 Å². The van der Waals surface area contributed by atoms with Crippen molar-refractivity contribution in [3.8, 4) is 0 Å². The molecule has 1 aliphatic heterocycles. The Morgan fingerprint density at radius 3 is 2.48 bits per heavy atom. The van der Waals surface area contributed by atoms with Crippen LogP contribution in [0.5, 0.6) is 0 Å². The number of ketones is 1. The molecule has 1 saturated heterocycles. The van der Waals surface area contributed by atoms with Crippen LogP contribution in [-0.2, 0) is 14.3 Å². The maximum absolute atomic E-state index is 13.1. The Hall–Kier alpha value is -2.44. The van der Waals surface area contributed by atoms with Gasteiger partial charge in [0.1, 0.15) is 5.76 Å². The van der Waals surface area contributed by atoms with Crippen molar-refractivity contribution in [1.29, 1.82) is 0 Å². The molecular weight excluding hydrogens is 458 g/mol. The third kappa shape index (κ3) is 4.91. The molecule has 1 aliphatic rings. The molecule has 1 fully saturated rings. The highest BCUT2D eigenvalue weighted by Crippen LogP contribution is 2.40. The first-order chi connectivity index (χ1) is 14.7. The molecule has 1 unspecified atom stereocenters. The molecule has 1 N–H and O–H groups in total. The Kier molecular flexibility index (Phi) is 7.34. The molecule has 0 saturated carbocycles. The predicted octanol–water partition coefficient (Wildman–Crippen LogP) is 5.30. The monoisotopic (exact) mass is 485 g/mol.